The fourth-order valence-corrected chi connectivity index (χ4v) is 6.03. The van der Waals surface area contributed by atoms with Crippen molar-refractivity contribution >= 4 is 23.6 Å². The van der Waals surface area contributed by atoms with Gasteiger partial charge >= 0.3 is 0 Å². The lowest BCUT2D eigenvalue weighted by atomic mass is 9.81. The number of hydrogen-bond donors (Lipinski definition) is 2. The minimum absolute atomic E-state index is 0.0542. The topological polar surface area (TPSA) is 79.4 Å². The van der Waals surface area contributed by atoms with E-state index in [1.165, 1.54) is 7.11 Å². The van der Waals surface area contributed by atoms with Gasteiger partial charge < -0.3 is 15.0 Å². The fraction of sp³-hybridized carbons (Fsp3) is 0.320. The van der Waals surface area contributed by atoms with Crippen LogP contribution in [-0.4, -0.2) is 47.3 Å². The molecule has 7 nitrogen and oxygen atoms in total. The monoisotopic (exact) mass is 479 g/mol. The summed E-state index contributed by atoms with van der Waals surface area (Å²) in [6.45, 7) is 2.89. The molecule has 2 fully saturated rings. The van der Waals surface area contributed by atoms with E-state index in [0.29, 0.717) is 24.6 Å². The van der Waals surface area contributed by atoms with Gasteiger partial charge in [-0.15, -0.1) is 11.8 Å². The van der Waals surface area contributed by atoms with E-state index in [4.69, 9.17) is 4.74 Å². The van der Waals surface area contributed by atoms with Crippen LogP contribution in [0.5, 0.6) is 5.88 Å². The van der Waals surface area contributed by atoms with Gasteiger partial charge in [-0.3, -0.25) is 10.1 Å². The molecule has 1 aromatic heterocycles. The van der Waals surface area contributed by atoms with Crippen molar-refractivity contribution in [3.63, 3.8) is 0 Å². The average molecular weight is 480 g/mol. The summed E-state index contributed by atoms with van der Waals surface area (Å²) in [6, 6.07) is 19.4. The summed E-state index contributed by atoms with van der Waals surface area (Å²) in [7, 11) is 1.40. The lowest BCUT2D eigenvalue weighted by molar-refractivity contribution is 0.0933. The molecule has 5 rings (SSSR count). The number of ether oxygens (including phenoxy) is 1. The molecule has 2 aliphatic rings. The van der Waals surface area contributed by atoms with Gasteiger partial charge in [0.25, 0.3) is 11.8 Å². The number of thioether (sulfide) groups is 1. The maximum Gasteiger partial charge on any atom is 0.255 e. The number of rotatable bonds is 5. The first-order valence-corrected chi connectivity index (χ1v) is 12.2. The summed E-state index contributed by atoms with van der Waals surface area (Å²) in [5, 5.41) is 6.85. The minimum Gasteiger partial charge on any atom is -0.479 e. The quantitative estimate of drug-likeness (QED) is 0.581. The van der Waals surface area contributed by atoms with Gasteiger partial charge in [0, 0.05) is 30.3 Å². The molecule has 3 atom stereocenters. The van der Waals surface area contributed by atoms with Crippen LogP contribution in [0, 0.1) is 18.7 Å². The van der Waals surface area contributed by atoms with Gasteiger partial charge in [-0.25, -0.2) is 4.98 Å². The van der Waals surface area contributed by atoms with Crippen LogP contribution in [0.25, 0.3) is 0 Å². The lowest BCUT2D eigenvalue weighted by Gasteiger charge is -2.43. The SMILES string of the molecule is COc1nc(N2C[C@H]3CSC(NC(=O)c4ccccc4)N[C@@]3(c3ccccc3)C2)nc(C)c1F. The van der Waals surface area contributed by atoms with Crippen molar-refractivity contribution < 1.29 is 13.9 Å². The van der Waals surface area contributed by atoms with Crippen LogP contribution in [0.1, 0.15) is 21.6 Å². The Labute approximate surface area is 202 Å². The number of benzene rings is 2. The van der Waals surface area contributed by atoms with Gasteiger partial charge in [-0.2, -0.15) is 9.37 Å². The lowest BCUT2D eigenvalue weighted by Crippen LogP contribution is -2.61. The first-order chi connectivity index (χ1) is 16.5. The zero-order valence-corrected chi connectivity index (χ0v) is 19.8. The fourth-order valence-electron chi connectivity index (χ4n) is 4.73. The number of carbonyl (C=O) groups excluding carboxylic acids is 1. The van der Waals surface area contributed by atoms with Crippen LogP contribution in [0.15, 0.2) is 60.7 Å². The Hall–Kier alpha value is -3.17. The molecular weight excluding hydrogens is 453 g/mol. The molecule has 2 saturated heterocycles. The van der Waals surface area contributed by atoms with Crippen molar-refractivity contribution in [2.45, 2.75) is 18.0 Å². The smallest absolute Gasteiger partial charge is 0.255 e. The third kappa shape index (κ3) is 4.10. The molecule has 1 unspecified atom stereocenters. The Morgan fingerprint density at radius 2 is 1.88 bits per heavy atom. The van der Waals surface area contributed by atoms with Crippen molar-refractivity contribution in [3.05, 3.63) is 83.3 Å². The van der Waals surface area contributed by atoms with Gasteiger partial charge in [-0.1, -0.05) is 48.5 Å². The highest BCUT2D eigenvalue weighted by molar-refractivity contribution is 7.99. The van der Waals surface area contributed by atoms with Crippen LogP contribution in [0.2, 0.25) is 0 Å². The summed E-state index contributed by atoms with van der Waals surface area (Å²) in [5.41, 5.74) is 1.30. The molecule has 2 aliphatic heterocycles. The highest BCUT2D eigenvalue weighted by atomic mass is 32.2. The molecule has 2 aromatic carbocycles. The van der Waals surface area contributed by atoms with Crippen molar-refractivity contribution in [1.82, 2.24) is 20.6 Å². The summed E-state index contributed by atoms with van der Waals surface area (Å²) < 4.78 is 19.4. The summed E-state index contributed by atoms with van der Waals surface area (Å²) in [6.07, 6.45) is 0. The van der Waals surface area contributed by atoms with E-state index in [1.807, 2.05) is 36.4 Å². The number of methoxy groups -OCH3 is 1. The Bertz CT molecular complexity index is 1180. The number of anilines is 1. The molecular formula is C25H26FN5O2S. The zero-order valence-electron chi connectivity index (χ0n) is 19.0. The molecule has 3 aromatic rings. The third-order valence-corrected chi connectivity index (χ3v) is 7.63. The number of nitrogens with zero attached hydrogens (tertiary/aromatic N) is 3. The number of aryl methyl sites for hydroxylation is 1. The first-order valence-electron chi connectivity index (χ1n) is 11.1. The van der Waals surface area contributed by atoms with Gasteiger partial charge in [0.2, 0.25) is 11.8 Å². The number of hydrogen-bond acceptors (Lipinski definition) is 7. The van der Waals surface area contributed by atoms with E-state index in [1.54, 1.807) is 30.8 Å². The number of halogens is 1. The van der Waals surface area contributed by atoms with Crippen molar-refractivity contribution in [2.75, 3.05) is 30.9 Å². The van der Waals surface area contributed by atoms with Gasteiger partial charge in [0.1, 0.15) is 5.50 Å². The zero-order chi connectivity index (χ0) is 23.7. The molecule has 0 bridgehead atoms. The number of amides is 1. The second kappa shape index (κ2) is 9.23. The third-order valence-electron chi connectivity index (χ3n) is 6.47. The first kappa shape index (κ1) is 22.6. The van der Waals surface area contributed by atoms with E-state index >= 15 is 0 Å². The molecule has 0 aliphatic carbocycles. The molecule has 176 valence electrons. The van der Waals surface area contributed by atoms with Gasteiger partial charge in [0.05, 0.1) is 18.3 Å². The molecule has 2 N–H and O–H groups in total. The normalized spacial score (nSPS) is 23.9. The Balaban J connectivity index is 1.45. The van der Waals surface area contributed by atoms with E-state index < -0.39 is 11.4 Å². The summed E-state index contributed by atoms with van der Waals surface area (Å²) in [4.78, 5) is 23.6. The molecule has 0 saturated carbocycles. The molecule has 9 heteroatoms. The largest absolute Gasteiger partial charge is 0.479 e. The number of aromatic nitrogens is 2. The van der Waals surface area contributed by atoms with E-state index in [-0.39, 0.29) is 28.9 Å². The predicted octanol–water partition coefficient (Wildman–Crippen LogP) is 3.31. The van der Waals surface area contributed by atoms with Gasteiger partial charge in [-0.05, 0) is 24.6 Å². The second-order valence-corrected chi connectivity index (χ2v) is 9.68. The summed E-state index contributed by atoms with van der Waals surface area (Å²) in [5.74, 6) is 0.779. The van der Waals surface area contributed by atoms with Crippen molar-refractivity contribution in [2.24, 2.45) is 5.92 Å². The molecule has 0 radical (unpaired) electrons. The number of nitrogens with one attached hydrogen (secondary N) is 2. The molecule has 1 amide bonds. The Kier molecular flexibility index (Phi) is 6.14. The Morgan fingerprint density at radius 1 is 1.18 bits per heavy atom. The molecule has 0 spiro atoms. The number of carbonyl (C=O) groups is 1. The minimum atomic E-state index is -0.544. The van der Waals surface area contributed by atoms with E-state index in [0.717, 1.165) is 11.3 Å². The van der Waals surface area contributed by atoms with Crippen LogP contribution in [-0.2, 0) is 5.54 Å². The second-order valence-electron chi connectivity index (χ2n) is 8.54. The van der Waals surface area contributed by atoms with Crippen molar-refractivity contribution in [1.29, 1.82) is 0 Å². The molecule has 3 heterocycles. The van der Waals surface area contributed by atoms with Crippen LogP contribution in [0.4, 0.5) is 10.3 Å². The van der Waals surface area contributed by atoms with Crippen LogP contribution < -0.4 is 20.3 Å². The Morgan fingerprint density at radius 3 is 2.59 bits per heavy atom. The molecule has 34 heavy (non-hydrogen) atoms. The van der Waals surface area contributed by atoms with Crippen LogP contribution in [0.3, 0.4) is 0 Å². The van der Waals surface area contributed by atoms with Crippen molar-refractivity contribution in [3.8, 4) is 5.88 Å². The highest BCUT2D eigenvalue weighted by Crippen LogP contribution is 2.44. The average Bonchev–Trinajstić information content (AvgIpc) is 3.27. The maximum atomic E-state index is 14.3. The standard InChI is InChI=1S/C25H26FN5O2S/c1-16-20(26)22(33-2)29-23(27-16)31-13-19-14-34-24(28-21(32)17-9-5-3-6-10-17)30-25(19,15-31)18-11-7-4-8-12-18/h3-12,19,24,30H,13-15H2,1-2H3,(H,28,32)/t19-,24?,25+/m0/s1. The predicted molar refractivity (Wildman–Crippen MR) is 130 cm³/mol. The highest BCUT2D eigenvalue weighted by Gasteiger charge is 2.52. The van der Waals surface area contributed by atoms with Gasteiger partial charge in [0.15, 0.2) is 0 Å². The van der Waals surface area contributed by atoms with E-state index in [9.17, 15) is 9.18 Å². The van der Waals surface area contributed by atoms with Crippen LogP contribution >= 0.6 is 11.8 Å². The van der Waals surface area contributed by atoms with E-state index in [2.05, 4.69) is 37.6 Å². The maximum absolute atomic E-state index is 14.3. The summed E-state index contributed by atoms with van der Waals surface area (Å²) >= 11 is 1.67. The number of fused-ring (bicyclic) bond motifs is 1.